The van der Waals surface area contributed by atoms with Gasteiger partial charge in [0.1, 0.15) is 0 Å². The van der Waals surface area contributed by atoms with Crippen LogP contribution in [0.1, 0.15) is 30.5 Å². The van der Waals surface area contributed by atoms with Crippen molar-refractivity contribution in [3.8, 4) is 5.69 Å². The van der Waals surface area contributed by atoms with Crippen LogP contribution < -0.4 is 16.4 Å². The molecule has 0 radical (unpaired) electrons. The standard InChI is InChI=1S/C28H22BN/c1-17-9-6-12-20-25(17)29-22-14-7-11-19-18-10-4-5-15-23(18)30(27(19)22)24-16-8-13-21(26(24)29)28(20,2)3/h4-16H,1-3H3. The van der Waals surface area contributed by atoms with Gasteiger partial charge in [0, 0.05) is 27.4 Å². The molecule has 0 saturated heterocycles. The van der Waals surface area contributed by atoms with E-state index in [1.54, 1.807) is 0 Å². The van der Waals surface area contributed by atoms with Gasteiger partial charge in [0.05, 0.1) is 5.52 Å². The Balaban J connectivity index is 1.77. The molecule has 4 aromatic carbocycles. The Bertz CT molecular complexity index is 1540. The third-order valence-corrected chi connectivity index (χ3v) is 7.61. The highest BCUT2D eigenvalue weighted by atomic mass is 15.0. The first-order chi connectivity index (χ1) is 14.6. The summed E-state index contributed by atoms with van der Waals surface area (Å²) in [5.41, 5.74) is 12.8. The Labute approximate surface area is 177 Å². The van der Waals surface area contributed by atoms with Crippen LogP contribution in [-0.4, -0.2) is 11.3 Å². The maximum Gasteiger partial charge on any atom is 0.247 e. The normalized spacial score (nSPS) is 15.4. The van der Waals surface area contributed by atoms with E-state index in [0.29, 0.717) is 6.71 Å². The molecule has 1 aromatic heterocycles. The molecule has 0 atom stereocenters. The molecule has 0 N–H and O–H groups in total. The third-order valence-electron chi connectivity index (χ3n) is 7.61. The van der Waals surface area contributed by atoms with Crippen LogP contribution in [0, 0.1) is 6.92 Å². The summed E-state index contributed by atoms with van der Waals surface area (Å²) in [6, 6.07) is 29.6. The summed E-state index contributed by atoms with van der Waals surface area (Å²) < 4.78 is 2.52. The lowest BCUT2D eigenvalue weighted by Gasteiger charge is -2.42. The van der Waals surface area contributed by atoms with E-state index in [-0.39, 0.29) is 5.41 Å². The van der Waals surface area contributed by atoms with Crippen molar-refractivity contribution in [2.45, 2.75) is 26.2 Å². The molecule has 30 heavy (non-hydrogen) atoms. The predicted octanol–water partition coefficient (Wildman–Crippen LogP) is 4.56. The zero-order chi connectivity index (χ0) is 20.2. The summed E-state index contributed by atoms with van der Waals surface area (Å²) in [5, 5.41) is 2.70. The summed E-state index contributed by atoms with van der Waals surface area (Å²) in [6.07, 6.45) is 0. The van der Waals surface area contributed by atoms with E-state index in [0.717, 1.165) is 0 Å². The molecule has 0 bridgehead atoms. The Morgan fingerprint density at radius 1 is 0.700 bits per heavy atom. The Morgan fingerprint density at radius 3 is 2.27 bits per heavy atom. The average molecular weight is 383 g/mol. The molecule has 7 rings (SSSR count). The fourth-order valence-electron chi connectivity index (χ4n) is 6.33. The number of para-hydroxylation sites is 2. The van der Waals surface area contributed by atoms with E-state index in [9.17, 15) is 0 Å². The number of aromatic nitrogens is 1. The van der Waals surface area contributed by atoms with E-state index in [1.807, 2.05) is 0 Å². The van der Waals surface area contributed by atoms with E-state index in [4.69, 9.17) is 0 Å². The van der Waals surface area contributed by atoms with Crippen molar-refractivity contribution in [2.75, 3.05) is 0 Å². The summed E-state index contributed by atoms with van der Waals surface area (Å²) >= 11 is 0. The zero-order valence-corrected chi connectivity index (χ0v) is 17.5. The second-order valence-electron chi connectivity index (χ2n) is 9.43. The van der Waals surface area contributed by atoms with Gasteiger partial charge in [0.2, 0.25) is 6.71 Å². The number of hydrogen-bond donors (Lipinski definition) is 0. The lowest BCUT2D eigenvalue weighted by Crippen LogP contribution is -2.64. The first-order valence-corrected chi connectivity index (χ1v) is 10.8. The molecule has 142 valence electrons. The molecule has 0 unspecified atom stereocenters. The molecule has 0 aliphatic carbocycles. The minimum Gasteiger partial charge on any atom is -0.310 e. The van der Waals surface area contributed by atoms with E-state index >= 15 is 0 Å². The summed E-state index contributed by atoms with van der Waals surface area (Å²) in [6.45, 7) is 7.36. The van der Waals surface area contributed by atoms with Crippen molar-refractivity contribution >= 4 is 44.9 Å². The van der Waals surface area contributed by atoms with Crippen molar-refractivity contribution in [2.24, 2.45) is 0 Å². The summed E-state index contributed by atoms with van der Waals surface area (Å²) in [7, 11) is 0. The van der Waals surface area contributed by atoms with Gasteiger partial charge in [-0.25, -0.2) is 0 Å². The smallest absolute Gasteiger partial charge is 0.247 e. The maximum atomic E-state index is 2.52. The number of fused-ring (bicyclic) bond motifs is 7. The fraction of sp³-hybridized carbons (Fsp3) is 0.143. The highest BCUT2D eigenvalue weighted by Gasteiger charge is 2.45. The summed E-state index contributed by atoms with van der Waals surface area (Å²) in [4.78, 5) is 0. The largest absolute Gasteiger partial charge is 0.310 e. The molecule has 0 fully saturated rings. The third kappa shape index (κ3) is 1.73. The van der Waals surface area contributed by atoms with Gasteiger partial charge in [0.25, 0.3) is 0 Å². The lowest BCUT2D eigenvalue weighted by molar-refractivity contribution is 0.645. The maximum absolute atomic E-state index is 2.52. The zero-order valence-electron chi connectivity index (χ0n) is 17.5. The second-order valence-corrected chi connectivity index (χ2v) is 9.43. The number of aryl methyl sites for hydroxylation is 1. The molecule has 5 aromatic rings. The van der Waals surface area contributed by atoms with E-state index < -0.39 is 0 Å². The number of hydrogen-bond acceptors (Lipinski definition) is 0. The highest BCUT2D eigenvalue weighted by Crippen LogP contribution is 2.39. The molecule has 2 aliphatic heterocycles. The summed E-state index contributed by atoms with van der Waals surface area (Å²) in [5.74, 6) is 0. The highest BCUT2D eigenvalue weighted by molar-refractivity contribution is 6.99. The van der Waals surface area contributed by atoms with Crippen molar-refractivity contribution < 1.29 is 0 Å². The number of nitrogens with zero attached hydrogens (tertiary/aromatic N) is 1. The molecule has 0 saturated carbocycles. The average Bonchev–Trinajstić information content (AvgIpc) is 3.10. The van der Waals surface area contributed by atoms with E-state index in [1.165, 1.54) is 60.6 Å². The van der Waals surface area contributed by atoms with Crippen molar-refractivity contribution in [3.63, 3.8) is 0 Å². The van der Waals surface area contributed by atoms with Crippen molar-refractivity contribution in [1.29, 1.82) is 0 Å². The lowest BCUT2D eigenvalue weighted by atomic mass is 9.30. The first kappa shape index (κ1) is 16.5. The molecular weight excluding hydrogens is 361 g/mol. The van der Waals surface area contributed by atoms with Gasteiger partial charge in [-0.3, -0.25) is 0 Å². The molecule has 0 spiro atoms. The van der Waals surface area contributed by atoms with Crippen LogP contribution in [0.2, 0.25) is 0 Å². The molecular formula is C28H22BN. The van der Waals surface area contributed by atoms with Gasteiger partial charge in [0.15, 0.2) is 0 Å². The number of rotatable bonds is 0. The van der Waals surface area contributed by atoms with Crippen LogP contribution in [0.3, 0.4) is 0 Å². The van der Waals surface area contributed by atoms with E-state index in [2.05, 4.69) is 104 Å². The second kappa shape index (κ2) is 5.26. The topological polar surface area (TPSA) is 4.93 Å². The van der Waals surface area contributed by atoms with Gasteiger partial charge in [-0.15, -0.1) is 0 Å². The Kier molecular flexibility index (Phi) is 2.90. The molecule has 2 heteroatoms. The molecule has 0 amide bonds. The molecule has 2 aliphatic rings. The predicted molar refractivity (Wildman–Crippen MR) is 129 cm³/mol. The van der Waals surface area contributed by atoms with Crippen molar-refractivity contribution in [3.05, 3.63) is 95.6 Å². The molecule has 3 heterocycles. The van der Waals surface area contributed by atoms with Crippen molar-refractivity contribution in [1.82, 2.24) is 4.57 Å². The SMILES string of the molecule is Cc1cccc2c1B1c3c(cccc3C2(C)C)-n2c3ccccc3c3cccc1c32. The first-order valence-electron chi connectivity index (χ1n) is 10.8. The van der Waals surface area contributed by atoms with Crippen LogP contribution >= 0.6 is 0 Å². The Morgan fingerprint density at radius 2 is 1.40 bits per heavy atom. The van der Waals surface area contributed by atoms with Crippen LogP contribution in [0.15, 0.2) is 78.9 Å². The van der Waals surface area contributed by atoms with Crippen LogP contribution in [-0.2, 0) is 5.41 Å². The van der Waals surface area contributed by atoms with Gasteiger partial charge in [-0.05, 0) is 41.1 Å². The monoisotopic (exact) mass is 383 g/mol. The van der Waals surface area contributed by atoms with Gasteiger partial charge in [-0.1, -0.05) is 91.6 Å². The number of benzene rings is 4. The Hall–Kier alpha value is -3.26. The minimum absolute atomic E-state index is 0.0163. The quantitative estimate of drug-likeness (QED) is 0.339. The van der Waals surface area contributed by atoms with Crippen LogP contribution in [0.5, 0.6) is 0 Å². The van der Waals surface area contributed by atoms with Crippen LogP contribution in [0.4, 0.5) is 0 Å². The molecule has 1 nitrogen and oxygen atoms in total. The van der Waals surface area contributed by atoms with Gasteiger partial charge in [-0.2, -0.15) is 0 Å². The van der Waals surface area contributed by atoms with Gasteiger partial charge >= 0.3 is 0 Å². The van der Waals surface area contributed by atoms with Crippen LogP contribution in [0.25, 0.3) is 27.5 Å². The van der Waals surface area contributed by atoms with Gasteiger partial charge < -0.3 is 4.57 Å². The minimum atomic E-state index is -0.0163. The fourth-order valence-corrected chi connectivity index (χ4v) is 6.33.